The summed E-state index contributed by atoms with van der Waals surface area (Å²) in [6.45, 7) is 4.08. The van der Waals surface area contributed by atoms with Crippen LogP contribution in [0.1, 0.15) is 24.2 Å². The minimum atomic E-state index is -1.19. The number of hydrogen-bond acceptors (Lipinski definition) is 7. The first-order valence-corrected chi connectivity index (χ1v) is 10.9. The number of amides is 2. The van der Waals surface area contributed by atoms with Crippen molar-refractivity contribution < 1.29 is 23.8 Å². The van der Waals surface area contributed by atoms with Gasteiger partial charge >= 0.3 is 6.03 Å². The molecule has 0 bridgehead atoms. The Balaban J connectivity index is 1.43. The van der Waals surface area contributed by atoms with Crippen molar-refractivity contribution in [1.29, 1.82) is 0 Å². The molecule has 11 heteroatoms. The summed E-state index contributed by atoms with van der Waals surface area (Å²) in [5.41, 5.74) is 1.21. The molecule has 0 spiro atoms. The van der Waals surface area contributed by atoms with Crippen molar-refractivity contribution >= 4 is 38.5 Å². The van der Waals surface area contributed by atoms with E-state index in [2.05, 4.69) is 15.3 Å². The number of urea groups is 1. The Labute approximate surface area is 187 Å². The van der Waals surface area contributed by atoms with Crippen LogP contribution in [-0.2, 0) is 0 Å². The molecule has 3 N–H and O–H groups in total. The first kappa shape index (κ1) is 22.3. The third-order valence-corrected chi connectivity index (χ3v) is 6.40. The van der Waals surface area contributed by atoms with Crippen molar-refractivity contribution in [3.8, 4) is 0 Å². The lowest BCUT2D eigenvalue weighted by Gasteiger charge is -2.40. The van der Waals surface area contributed by atoms with E-state index < -0.39 is 18.5 Å². The van der Waals surface area contributed by atoms with Gasteiger partial charge in [-0.2, -0.15) is 0 Å². The number of hydrogen-bond donors (Lipinski definition) is 3. The van der Waals surface area contributed by atoms with Crippen LogP contribution < -0.4 is 10.2 Å². The first-order chi connectivity index (χ1) is 15.3. The number of aliphatic hydroxyl groups is 2. The van der Waals surface area contributed by atoms with Gasteiger partial charge in [-0.1, -0.05) is 11.3 Å². The van der Waals surface area contributed by atoms with Gasteiger partial charge in [0, 0.05) is 43.5 Å². The second-order valence-corrected chi connectivity index (χ2v) is 8.81. The summed E-state index contributed by atoms with van der Waals surface area (Å²) in [4.78, 5) is 24.6. The summed E-state index contributed by atoms with van der Waals surface area (Å²) in [6, 6.07) is 3.64. The van der Waals surface area contributed by atoms with Gasteiger partial charge < -0.3 is 20.0 Å². The van der Waals surface area contributed by atoms with Crippen LogP contribution in [0.25, 0.3) is 10.2 Å². The standard InChI is InChI=1S/C21H23F2N5O3S/c1-11-5-18-16(7-14(11)22)25-20(32-18)26-21(31)28-4-3-27(9-12(28)2)19-15(23)6-13(8-24-19)17(30)10-29/h5-8,12,17,29-30H,3-4,9-10H2,1-2H3,(H,25,26,31)/t12-,17+/m0/s1. The van der Waals surface area contributed by atoms with E-state index in [1.807, 2.05) is 6.92 Å². The van der Waals surface area contributed by atoms with Crippen LogP contribution in [0, 0.1) is 18.6 Å². The molecule has 8 nitrogen and oxygen atoms in total. The number of aromatic nitrogens is 2. The molecule has 1 aromatic carbocycles. The molecular formula is C21H23F2N5O3S. The Morgan fingerprint density at radius 3 is 2.78 bits per heavy atom. The lowest BCUT2D eigenvalue weighted by Crippen LogP contribution is -2.55. The molecular weight excluding hydrogens is 440 g/mol. The average molecular weight is 464 g/mol. The molecule has 3 heterocycles. The molecule has 32 heavy (non-hydrogen) atoms. The predicted octanol–water partition coefficient (Wildman–Crippen LogP) is 3.05. The summed E-state index contributed by atoms with van der Waals surface area (Å²) >= 11 is 1.27. The second kappa shape index (κ2) is 8.93. The van der Waals surface area contributed by atoms with Crippen LogP contribution in [0.3, 0.4) is 0 Å². The molecule has 1 aliphatic rings. The molecule has 1 saturated heterocycles. The lowest BCUT2D eigenvalue weighted by atomic mass is 10.1. The maximum absolute atomic E-state index is 14.5. The predicted molar refractivity (Wildman–Crippen MR) is 118 cm³/mol. The van der Waals surface area contributed by atoms with E-state index in [-0.39, 0.29) is 29.3 Å². The van der Waals surface area contributed by atoms with Crippen LogP contribution in [-0.4, -0.2) is 63.4 Å². The number of pyridine rings is 1. The normalized spacial score (nSPS) is 17.6. The zero-order chi connectivity index (χ0) is 23.0. The third-order valence-electron chi connectivity index (χ3n) is 5.47. The number of benzene rings is 1. The van der Waals surface area contributed by atoms with Crippen molar-refractivity contribution in [3.05, 3.63) is 47.2 Å². The Bertz CT molecular complexity index is 1120. The topological polar surface area (TPSA) is 102 Å². The molecule has 1 fully saturated rings. The lowest BCUT2D eigenvalue weighted by molar-refractivity contribution is 0.0951. The fraction of sp³-hybridized carbons (Fsp3) is 0.381. The highest BCUT2D eigenvalue weighted by Gasteiger charge is 2.30. The van der Waals surface area contributed by atoms with Crippen molar-refractivity contribution in [2.24, 2.45) is 0 Å². The number of anilines is 2. The average Bonchev–Trinajstić information content (AvgIpc) is 3.13. The molecule has 0 saturated carbocycles. The molecule has 2 atom stereocenters. The molecule has 4 rings (SSSR count). The zero-order valence-electron chi connectivity index (χ0n) is 17.5. The number of aliphatic hydroxyl groups excluding tert-OH is 2. The summed E-state index contributed by atoms with van der Waals surface area (Å²) in [5, 5.41) is 21.8. The van der Waals surface area contributed by atoms with E-state index in [4.69, 9.17) is 5.11 Å². The Kier molecular flexibility index (Phi) is 6.22. The second-order valence-electron chi connectivity index (χ2n) is 7.78. The van der Waals surface area contributed by atoms with E-state index in [0.717, 1.165) is 10.8 Å². The summed E-state index contributed by atoms with van der Waals surface area (Å²) < 4.78 is 29.1. The number of carbonyl (C=O) groups excluding carboxylic acids is 1. The van der Waals surface area contributed by atoms with E-state index in [0.29, 0.717) is 35.8 Å². The van der Waals surface area contributed by atoms with Crippen LogP contribution in [0.5, 0.6) is 0 Å². The minimum Gasteiger partial charge on any atom is -0.393 e. The van der Waals surface area contributed by atoms with Gasteiger partial charge in [0.25, 0.3) is 0 Å². The molecule has 2 aromatic heterocycles. The number of fused-ring (bicyclic) bond motifs is 1. The highest BCUT2D eigenvalue weighted by atomic mass is 32.1. The van der Waals surface area contributed by atoms with Gasteiger partial charge in [0.15, 0.2) is 16.8 Å². The van der Waals surface area contributed by atoms with E-state index in [1.54, 1.807) is 22.8 Å². The zero-order valence-corrected chi connectivity index (χ0v) is 18.4. The quantitative estimate of drug-likeness (QED) is 0.550. The SMILES string of the molecule is Cc1cc2sc(NC(=O)N3CCN(c4ncc([C@H](O)CO)cc4F)C[C@@H]3C)nc2cc1F. The number of carbonyl (C=O) groups is 1. The summed E-state index contributed by atoms with van der Waals surface area (Å²) in [6.07, 6.45) is 0.147. The molecule has 1 aliphatic heterocycles. The van der Waals surface area contributed by atoms with Gasteiger partial charge in [-0.05, 0) is 31.5 Å². The van der Waals surface area contributed by atoms with E-state index in [1.165, 1.54) is 23.6 Å². The largest absolute Gasteiger partial charge is 0.393 e. The maximum Gasteiger partial charge on any atom is 0.324 e. The third kappa shape index (κ3) is 4.36. The van der Waals surface area contributed by atoms with Gasteiger partial charge in [0.2, 0.25) is 0 Å². The van der Waals surface area contributed by atoms with Crippen molar-refractivity contribution in [3.63, 3.8) is 0 Å². The smallest absolute Gasteiger partial charge is 0.324 e. The number of piperazine rings is 1. The highest BCUT2D eigenvalue weighted by molar-refractivity contribution is 7.22. The van der Waals surface area contributed by atoms with Gasteiger partial charge in [0.1, 0.15) is 11.9 Å². The number of nitrogens with one attached hydrogen (secondary N) is 1. The van der Waals surface area contributed by atoms with Crippen LogP contribution >= 0.6 is 11.3 Å². The van der Waals surface area contributed by atoms with Gasteiger partial charge in [-0.3, -0.25) is 5.32 Å². The monoisotopic (exact) mass is 463 g/mol. The van der Waals surface area contributed by atoms with Crippen molar-refractivity contribution in [2.45, 2.75) is 26.0 Å². The van der Waals surface area contributed by atoms with E-state index in [9.17, 15) is 18.7 Å². The highest BCUT2D eigenvalue weighted by Crippen LogP contribution is 2.29. The van der Waals surface area contributed by atoms with Gasteiger partial charge in [0.05, 0.1) is 16.8 Å². The summed E-state index contributed by atoms with van der Waals surface area (Å²) in [5.74, 6) is -0.809. The van der Waals surface area contributed by atoms with Crippen LogP contribution in [0.4, 0.5) is 24.5 Å². The molecule has 0 aliphatic carbocycles. The summed E-state index contributed by atoms with van der Waals surface area (Å²) in [7, 11) is 0. The van der Waals surface area contributed by atoms with Crippen LogP contribution in [0.15, 0.2) is 24.4 Å². The Morgan fingerprint density at radius 2 is 2.09 bits per heavy atom. The Hall–Kier alpha value is -2.89. The fourth-order valence-corrected chi connectivity index (χ4v) is 4.62. The number of thiazole rings is 1. The Morgan fingerprint density at radius 1 is 1.31 bits per heavy atom. The first-order valence-electron chi connectivity index (χ1n) is 10.1. The number of halogens is 2. The fourth-order valence-electron chi connectivity index (χ4n) is 3.68. The van der Waals surface area contributed by atoms with Crippen LogP contribution in [0.2, 0.25) is 0 Å². The minimum absolute atomic E-state index is 0.134. The van der Waals surface area contributed by atoms with E-state index >= 15 is 0 Å². The van der Waals surface area contributed by atoms with Crippen molar-refractivity contribution in [1.82, 2.24) is 14.9 Å². The number of rotatable bonds is 4. The number of aryl methyl sites for hydroxylation is 1. The van der Waals surface area contributed by atoms with Gasteiger partial charge in [-0.25, -0.2) is 23.5 Å². The molecule has 2 amide bonds. The number of nitrogens with zero attached hydrogens (tertiary/aromatic N) is 4. The van der Waals surface area contributed by atoms with Crippen molar-refractivity contribution in [2.75, 3.05) is 36.5 Å². The maximum atomic E-state index is 14.5. The molecule has 170 valence electrons. The van der Waals surface area contributed by atoms with Gasteiger partial charge in [-0.15, -0.1) is 0 Å². The molecule has 0 radical (unpaired) electrons. The molecule has 0 unspecified atom stereocenters. The molecule has 3 aromatic rings.